The largest absolute Gasteiger partial charge is 3.00 e. The Hall–Kier alpha value is -8.14. The van der Waals surface area contributed by atoms with E-state index >= 15 is 0 Å². The van der Waals surface area contributed by atoms with Crippen LogP contribution in [-0.2, 0) is 25.5 Å². The molecule has 4 heteroatoms. The van der Waals surface area contributed by atoms with Gasteiger partial charge < -0.3 is 15.0 Å². The van der Waals surface area contributed by atoms with Crippen LogP contribution < -0.4 is 0 Å². The Bertz CT molecular complexity index is 3920. The van der Waals surface area contributed by atoms with Crippen LogP contribution in [0.5, 0.6) is 0 Å². The molecule has 3 nitrogen and oxygen atoms in total. The Balaban J connectivity index is 0.00000752. The maximum atomic E-state index is 8.46. The van der Waals surface area contributed by atoms with E-state index in [4.69, 9.17) is 23.2 Å². The molecular formula is C75H62IrN3. The molecule has 0 aliphatic heterocycles. The van der Waals surface area contributed by atoms with E-state index in [1.807, 2.05) is 91.1 Å². The van der Waals surface area contributed by atoms with Gasteiger partial charge >= 0.3 is 20.1 Å². The first-order chi connectivity index (χ1) is 40.5. The molecule has 1 aliphatic rings. The molecular weight excluding hydrogens is 1140 g/mol. The summed E-state index contributed by atoms with van der Waals surface area (Å²) in [7, 11) is 0. The van der Waals surface area contributed by atoms with Crippen LogP contribution in [0.15, 0.2) is 231 Å². The number of rotatable bonds is 11. The second-order valence-corrected chi connectivity index (χ2v) is 21.7. The fraction of sp³-hybridized carbons (Fsp3) is 0.160. The number of aromatic nitrogens is 3. The third-order valence-corrected chi connectivity index (χ3v) is 15.7. The maximum absolute atomic E-state index is 8.46. The van der Waals surface area contributed by atoms with Gasteiger partial charge in [-0.25, -0.2) is 0 Å². The molecule has 2 atom stereocenters. The van der Waals surface area contributed by atoms with Crippen molar-refractivity contribution in [3.05, 3.63) is 282 Å². The molecule has 0 amide bonds. The molecule has 1 fully saturated rings. The summed E-state index contributed by atoms with van der Waals surface area (Å²) in [5.74, 6) is 0.482. The summed E-state index contributed by atoms with van der Waals surface area (Å²) in [6.45, 7) is 1.98. The van der Waals surface area contributed by atoms with Gasteiger partial charge in [0.25, 0.3) is 0 Å². The van der Waals surface area contributed by atoms with Crippen molar-refractivity contribution in [2.24, 2.45) is 0 Å². The van der Waals surface area contributed by atoms with Gasteiger partial charge in [0.05, 0.1) is 0 Å². The molecule has 8 aromatic carbocycles. The summed E-state index contributed by atoms with van der Waals surface area (Å²) in [6.07, 6.45) is 7.99. The number of aryl methyl sites for hydroxylation is 2. The Labute approximate surface area is 489 Å². The van der Waals surface area contributed by atoms with Crippen LogP contribution in [0.1, 0.15) is 99.4 Å². The molecule has 0 radical (unpaired) electrons. The summed E-state index contributed by atoms with van der Waals surface area (Å²) in [4.78, 5) is 14.3. The summed E-state index contributed by atoms with van der Waals surface area (Å²) < 4.78 is 50.7. The van der Waals surface area contributed by atoms with E-state index in [1.165, 1.54) is 27.8 Å². The topological polar surface area (TPSA) is 38.7 Å². The Morgan fingerprint density at radius 1 is 0.392 bits per heavy atom. The molecule has 11 aromatic rings. The van der Waals surface area contributed by atoms with Gasteiger partial charge in [0.1, 0.15) is 0 Å². The smallest absolute Gasteiger partial charge is 0.305 e. The minimum atomic E-state index is -2.34. The van der Waals surface area contributed by atoms with Gasteiger partial charge in [-0.15, -0.1) is 89.5 Å². The second-order valence-electron chi connectivity index (χ2n) is 21.7. The molecule has 386 valence electrons. The number of hydrogen-bond donors (Lipinski definition) is 0. The van der Waals surface area contributed by atoms with Crippen LogP contribution in [0.3, 0.4) is 0 Å². The summed E-state index contributed by atoms with van der Waals surface area (Å²) in [5.41, 5.74) is 19.4. The zero-order valence-electron chi connectivity index (χ0n) is 50.5. The van der Waals surface area contributed by atoms with Crippen LogP contribution in [0.4, 0.5) is 0 Å². The van der Waals surface area contributed by atoms with E-state index in [9.17, 15) is 0 Å². The van der Waals surface area contributed by atoms with E-state index in [2.05, 4.69) is 154 Å². The maximum Gasteiger partial charge on any atom is 3.00 e. The first kappa shape index (κ1) is 45.8. The number of nitrogens with zero attached hydrogens (tertiary/aromatic N) is 3. The Kier molecular flexibility index (Phi) is 13.4. The van der Waals surface area contributed by atoms with Gasteiger partial charge in [-0.05, 0) is 124 Å². The quantitative estimate of drug-likeness (QED) is 0.121. The van der Waals surface area contributed by atoms with Crippen LogP contribution in [-0.4, -0.2) is 15.0 Å². The van der Waals surface area contributed by atoms with Crippen molar-refractivity contribution in [1.29, 1.82) is 0 Å². The van der Waals surface area contributed by atoms with Crippen molar-refractivity contribution in [3.8, 4) is 89.4 Å². The number of benzene rings is 8. The second kappa shape index (κ2) is 23.1. The fourth-order valence-electron chi connectivity index (χ4n) is 11.6. The van der Waals surface area contributed by atoms with Gasteiger partial charge in [-0.1, -0.05) is 206 Å². The van der Waals surface area contributed by atoms with Crippen LogP contribution >= 0.6 is 0 Å². The SMILES string of the molecule is [2H]C([2H])([2H])c1cc(-c2[c-]cc(-c3ccccc3C3CC(c4ccccc4-c4c[c-]c(-c5cc(C(C)(C)C)ccn5)cc4)CC(c4ccccc4-c4c[c-]c(-c5cc(C([2H])([2H])[2H])c(-c6ccccc6)cn5)cc4)C3)cc2)ncc1-c1ccccc1.[Ir+3]. The van der Waals surface area contributed by atoms with E-state index in [0.29, 0.717) is 22.5 Å². The molecule has 3 aromatic heterocycles. The molecule has 0 saturated heterocycles. The van der Waals surface area contributed by atoms with E-state index in [1.54, 1.807) is 24.5 Å². The van der Waals surface area contributed by atoms with Crippen molar-refractivity contribution in [3.63, 3.8) is 0 Å². The normalized spacial score (nSPS) is 16.7. The Morgan fingerprint density at radius 2 is 0.759 bits per heavy atom. The minimum absolute atomic E-state index is 0. The molecule has 3 heterocycles. The first-order valence-electron chi connectivity index (χ1n) is 30.0. The summed E-state index contributed by atoms with van der Waals surface area (Å²) in [6, 6.07) is 82.5. The van der Waals surface area contributed by atoms with Crippen LogP contribution in [0.25, 0.3) is 89.4 Å². The number of pyridine rings is 3. The monoisotopic (exact) mass is 1200 g/mol. The van der Waals surface area contributed by atoms with Gasteiger partial charge in [0.2, 0.25) is 0 Å². The van der Waals surface area contributed by atoms with Crippen molar-refractivity contribution in [2.75, 3.05) is 0 Å². The fourth-order valence-corrected chi connectivity index (χ4v) is 11.6. The molecule has 0 spiro atoms. The van der Waals surface area contributed by atoms with Gasteiger partial charge in [0, 0.05) is 37.9 Å². The van der Waals surface area contributed by atoms with Crippen LogP contribution in [0.2, 0.25) is 0 Å². The molecule has 0 N–H and O–H groups in total. The zero-order chi connectivity index (χ0) is 58.2. The molecule has 12 rings (SSSR count). The minimum Gasteiger partial charge on any atom is -0.305 e. The van der Waals surface area contributed by atoms with E-state index < -0.39 is 13.7 Å². The van der Waals surface area contributed by atoms with Gasteiger partial charge in [-0.2, -0.15) is 0 Å². The van der Waals surface area contributed by atoms with Crippen molar-refractivity contribution in [2.45, 2.75) is 76.9 Å². The predicted octanol–water partition coefficient (Wildman–Crippen LogP) is 19.4. The van der Waals surface area contributed by atoms with Crippen molar-refractivity contribution < 1.29 is 28.3 Å². The third kappa shape index (κ3) is 11.3. The molecule has 1 aliphatic carbocycles. The summed E-state index contributed by atoms with van der Waals surface area (Å²) in [5, 5.41) is 0. The molecule has 0 bridgehead atoms. The molecule has 79 heavy (non-hydrogen) atoms. The van der Waals surface area contributed by atoms with Crippen molar-refractivity contribution in [1.82, 2.24) is 15.0 Å². The number of hydrogen-bond acceptors (Lipinski definition) is 3. The van der Waals surface area contributed by atoms with E-state index in [0.717, 1.165) is 80.6 Å². The van der Waals surface area contributed by atoms with Gasteiger partial charge in [-0.3, -0.25) is 0 Å². The average molecular weight is 1200 g/mol. The first-order valence-corrected chi connectivity index (χ1v) is 27.0. The van der Waals surface area contributed by atoms with Crippen molar-refractivity contribution >= 4 is 0 Å². The molecule has 2 unspecified atom stereocenters. The third-order valence-electron chi connectivity index (χ3n) is 15.7. The molecule has 1 saturated carbocycles. The summed E-state index contributed by atoms with van der Waals surface area (Å²) >= 11 is 0. The van der Waals surface area contributed by atoms with Crippen LogP contribution in [0, 0.1) is 31.9 Å². The van der Waals surface area contributed by atoms with E-state index in [-0.39, 0.29) is 54.4 Å². The Morgan fingerprint density at radius 3 is 1.11 bits per heavy atom. The average Bonchev–Trinajstić information content (AvgIpc) is 3.14. The predicted molar refractivity (Wildman–Crippen MR) is 323 cm³/mol. The van der Waals surface area contributed by atoms with Gasteiger partial charge in [0.15, 0.2) is 0 Å². The zero-order valence-corrected chi connectivity index (χ0v) is 46.9. The standard InChI is InChI=1S/C75H62N3.Ir/c1-50-42-72(77-48-70(50)52-18-8-6-9-19-52)57-34-28-54(29-35-57)64-22-12-15-25-67(64)60-44-61(46-62(45-60)69-27-17-14-24-66(69)56-32-38-59(39-33-56)74-47-63(40-41-76-74)75(3,4)5)68-26-16-13-23-65(68)55-30-36-58(37-31-55)73-43-51(2)71(49-78-73)53-20-10-7-11-21-53;/h6-34,36,38,40-43,47-49,60-62H,44-46H2,1-5H3;/q-3;+3/i1D3,2D3;.